The van der Waals surface area contributed by atoms with Gasteiger partial charge in [-0.15, -0.1) is 4.40 Å². The zero-order valence-corrected chi connectivity index (χ0v) is 19.2. The van der Waals surface area contributed by atoms with Crippen LogP contribution in [0.25, 0.3) is 11.0 Å². The normalized spacial score (nSPS) is 15.6. The van der Waals surface area contributed by atoms with Crippen molar-refractivity contribution in [1.29, 1.82) is 0 Å². The van der Waals surface area contributed by atoms with Gasteiger partial charge >= 0.3 is 0 Å². The zero-order valence-electron chi connectivity index (χ0n) is 18.4. The van der Waals surface area contributed by atoms with E-state index in [9.17, 15) is 19.0 Å². The molecule has 4 rings (SSSR count). The molecule has 33 heavy (non-hydrogen) atoms. The van der Waals surface area contributed by atoms with Crippen LogP contribution >= 0.6 is 10.8 Å². The number of aryl methyl sites for hydroxylation is 1. The highest BCUT2D eigenvalue weighted by Gasteiger charge is 2.31. The first kappa shape index (κ1) is 23.1. The summed E-state index contributed by atoms with van der Waals surface area (Å²) in [6.07, 6.45) is 2.28. The van der Waals surface area contributed by atoms with Gasteiger partial charge in [-0.3, -0.25) is 18.5 Å². The zero-order chi connectivity index (χ0) is 23.8. The molecule has 0 unspecified atom stereocenters. The third kappa shape index (κ3) is 4.40. The van der Waals surface area contributed by atoms with Gasteiger partial charge in [-0.2, -0.15) is 0 Å². The van der Waals surface area contributed by atoms with E-state index in [1.165, 1.54) is 10.6 Å². The standard InChI is InChI=1S/C22H27N5O5S/c1-13(2)7-10-27-21-15(4-3-9-24-21)19(28)18(22(27)29)20-25-16-6-5-14(32-11-8-23)12-17(16)33(30,31)26-20/h3-6,9,12-13,28,30-31H,7-8,10-11,23H2,1-2H3,(H,25,26). The fourth-order valence-electron chi connectivity index (χ4n) is 3.61. The SMILES string of the molecule is CC(C)CCn1c(=O)c(C2=NS(O)(O)c3cc(OCCN)ccc3N2)c(O)c2cccnc21. The van der Waals surface area contributed by atoms with Gasteiger partial charge in [-0.05, 0) is 36.6 Å². The maximum Gasteiger partial charge on any atom is 0.267 e. The summed E-state index contributed by atoms with van der Waals surface area (Å²) < 4.78 is 32.5. The minimum Gasteiger partial charge on any atom is -0.506 e. The molecule has 10 nitrogen and oxygen atoms in total. The summed E-state index contributed by atoms with van der Waals surface area (Å²) in [5, 5.41) is 14.3. The first-order chi connectivity index (χ1) is 15.7. The van der Waals surface area contributed by atoms with Crippen LogP contribution in [-0.2, 0) is 6.54 Å². The first-order valence-electron chi connectivity index (χ1n) is 10.6. The fraction of sp³-hybridized carbons (Fsp3) is 0.318. The van der Waals surface area contributed by atoms with E-state index >= 15 is 0 Å². The van der Waals surface area contributed by atoms with Crippen molar-refractivity contribution in [2.24, 2.45) is 16.0 Å². The van der Waals surface area contributed by atoms with E-state index in [4.69, 9.17) is 10.5 Å². The van der Waals surface area contributed by atoms with E-state index in [2.05, 4.69) is 14.7 Å². The minimum atomic E-state index is -3.67. The lowest BCUT2D eigenvalue weighted by atomic mass is 10.1. The van der Waals surface area contributed by atoms with Gasteiger partial charge < -0.3 is 20.9 Å². The maximum atomic E-state index is 13.5. The van der Waals surface area contributed by atoms with Gasteiger partial charge in [-0.25, -0.2) is 4.98 Å². The summed E-state index contributed by atoms with van der Waals surface area (Å²) in [5.74, 6) is 0.310. The second kappa shape index (κ2) is 9.02. The van der Waals surface area contributed by atoms with Gasteiger partial charge in [0.2, 0.25) is 0 Å². The quantitative estimate of drug-likeness (QED) is 0.350. The number of nitrogens with two attached hydrogens (primary N) is 1. The molecule has 176 valence electrons. The predicted octanol–water partition coefficient (Wildman–Crippen LogP) is 3.38. The van der Waals surface area contributed by atoms with Crippen LogP contribution < -0.4 is 21.3 Å². The van der Waals surface area contributed by atoms with E-state index in [1.54, 1.807) is 30.5 Å². The highest BCUT2D eigenvalue weighted by atomic mass is 32.3. The summed E-state index contributed by atoms with van der Waals surface area (Å²) in [6.45, 7) is 5.07. The van der Waals surface area contributed by atoms with Crippen LogP contribution in [0.5, 0.6) is 11.5 Å². The molecule has 0 saturated heterocycles. The molecule has 0 radical (unpaired) electrons. The lowest BCUT2D eigenvalue weighted by Crippen LogP contribution is -2.32. The number of ether oxygens (including phenoxy) is 1. The summed E-state index contributed by atoms with van der Waals surface area (Å²) in [5.41, 5.74) is 5.49. The predicted molar refractivity (Wildman–Crippen MR) is 129 cm³/mol. The van der Waals surface area contributed by atoms with E-state index in [0.29, 0.717) is 41.5 Å². The summed E-state index contributed by atoms with van der Waals surface area (Å²) in [7, 11) is -3.67. The second-order valence-electron chi connectivity index (χ2n) is 8.12. The average molecular weight is 474 g/mol. The molecule has 1 aliphatic heterocycles. The molecule has 0 spiro atoms. The molecule has 11 heteroatoms. The van der Waals surface area contributed by atoms with Crippen molar-refractivity contribution in [2.45, 2.75) is 31.7 Å². The molecular formula is C22H27N5O5S. The summed E-state index contributed by atoms with van der Waals surface area (Å²) in [6, 6.07) is 8.03. The molecule has 0 atom stereocenters. The molecule has 3 heterocycles. The molecule has 0 bridgehead atoms. The smallest absolute Gasteiger partial charge is 0.267 e. The van der Waals surface area contributed by atoms with Gasteiger partial charge in [-0.1, -0.05) is 24.6 Å². The van der Waals surface area contributed by atoms with Crippen molar-refractivity contribution in [3.8, 4) is 11.5 Å². The van der Waals surface area contributed by atoms with E-state index in [1.807, 2.05) is 13.8 Å². The Labute approximate surface area is 192 Å². The van der Waals surface area contributed by atoms with Crippen molar-refractivity contribution < 1.29 is 18.9 Å². The Balaban J connectivity index is 1.85. The Bertz CT molecular complexity index is 1290. The van der Waals surface area contributed by atoms with E-state index < -0.39 is 16.3 Å². The molecule has 6 N–H and O–H groups in total. The molecule has 1 aliphatic rings. The van der Waals surface area contributed by atoms with Crippen LogP contribution in [0.1, 0.15) is 25.8 Å². The molecule has 1 aromatic carbocycles. The van der Waals surface area contributed by atoms with Crippen molar-refractivity contribution in [3.63, 3.8) is 0 Å². The lowest BCUT2D eigenvalue weighted by molar-refractivity contribution is 0.327. The van der Waals surface area contributed by atoms with Gasteiger partial charge in [0, 0.05) is 25.4 Å². The highest BCUT2D eigenvalue weighted by molar-refractivity contribution is 8.23. The van der Waals surface area contributed by atoms with Gasteiger partial charge in [0.1, 0.15) is 34.2 Å². The fourth-order valence-corrected chi connectivity index (χ4v) is 4.78. The van der Waals surface area contributed by atoms with Crippen molar-refractivity contribution in [1.82, 2.24) is 9.55 Å². The molecule has 0 aliphatic carbocycles. The average Bonchev–Trinajstić information content (AvgIpc) is 2.77. The Morgan fingerprint density at radius 3 is 2.79 bits per heavy atom. The van der Waals surface area contributed by atoms with Gasteiger partial charge in [0.15, 0.2) is 5.84 Å². The second-order valence-corrected chi connectivity index (χ2v) is 9.78. The van der Waals surface area contributed by atoms with Crippen LogP contribution in [0, 0.1) is 5.92 Å². The molecule has 0 amide bonds. The molecule has 3 aromatic rings. The molecular weight excluding hydrogens is 446 g/mol. The monoisotopic (exact) mass is 473 g/mol. The number of nitrogens with one attached hydrogen (secondary N) is 1. The van der Waals surface area contributed by atoms with Crippen LogP contribution in [0.4, 0.5) is 5.69 Å². The van der Waals surface area contributed by atoms with Crippen LogP contribution in [0.15, 0.2) is 50.6 Å². The minimum absolute atomic E-state index is 0.121. The number of nitrogens with zero attached hydrogens (tertiary/aromatic N) is 3. The summed E-state index contributed by atoms with van der Waals surface area (Å²) in [4.78, 5) is 17.9. The van der Waals surface area contributed by atoms with Crippen molar-refractivity contribution >= 4 is 33.3 Å². The molecule has 0 fully saturated rings. The Kier molecular flexibility index (Phi) is 6.30. The summed E-state index contributed by atoms with van der Waals surface area (Å²) >= 11 is 0. The molecule has 0 saturated carbocycles. The maximum absolute atomic E-state index is 13.5. The number of rotatable bonds is 7. The number of hydrogen-bond acceptors (Lipinski definition) is 9. The number of aromatic hydroxyl groups is 1. The lowest BCUT2D eigenvalue weighted by Gasteiger charge is -2.34. The third-order valence-corrected chi connectivity index (χ3v) is 6.63. The van der Waals surface area contributed by atoms with Crippen LogP contribution in [0.3, 0.4) is 0 Å². The van der Waals surface area contributed by atoms with E-state index in [-0.39, 0.29) is 28.7 Å². The van der Waals surface area contributed by atoms with Gasteiger partial charge in [0.05, 0.1) is 11.1 Å². The first-order valence-corrected chi connectivity index (χ1v) is 12.1. The van der Waals surface area contributed by atoms with Crippen LogP contribution in [0.2, 0.25) is 0 Å². The molecule has 2 aromatic heterocycles. The number of benzene rings is 1. The number of amidine groups is 1. The Morgan fingerprint density at radius 1 is 1.27 bits per heavy atom. The van der Waals surface area contributed by atoms with Crippen molar-refractivity contribution in [2.75, 3.05) is 18.5 Å². The number of aromatic nitrogens is 2. The van der Waals surface area contributed by atoms with Crippen molar-refractivity contribution in [3.05, 3.63) is 52.4 Å². The van der Waals surface area contributed by atoms with Gasteiger partial charge in [0.25, 0.3) is 5.56 Å². The Hall–Kier alpha value is -3.12. The van der Waals surface area contributed by atoms with E-state index in [0.717, 1.165) is 6.42 Å². The van der Waals surface area contributed by atoms with Crippen LogP contribution in [-0.4, -0.2) is 42.8 Å². The number of pyridine rings is 2. The topological polar surface area (TPSA) is 155 Å². The third-order valence-electron chi connectivity index (χ3n) is 5.27. The highest BCUT2D eigenvalue weighted by Crippen LogP contribution is 2.56. The Morgan fingerprint density at radius 2 is 2.06 bits per heavy atom. The number of anilines is 1. The number of hydrogen-bond donors (Lipinski definition) is 5. The number of fused-ring (bicyclic) bond motifs is 2. The largest absolute Gasteiger partial charge is 0.506 e.